The molecule has 0 atom stereocenters. The topological polar surface area (TPSA) is 80.3 Å². The molecule has 0 radical (unpaired) electrons. The highest BCUT2D eigenvalue weighted by atomic mass is 32.1. The predicted octanol–water partition coefficient (Wildman–Crippen LogP) is 3.96. The minimum absolute atomic E-state index is 0.113. The van der Waals surface area contributed by atoms with Crippen molar-refractivity contribution in [2.45, 2.75) is 13.3 Å². The molecule has 2 N–H and O–H groups in total. The number of rotatable bonds is 6. The molecule has 6 nitrogen and oxygen atoms in total. The number of hydrogen-bond donors (Lipinski definition) is 2. The molecule has 2 amide bonds. The summed E-state index contributed by atoms with van der Waals surface area (Å²) in [5.41, 5.74) is 2.84. The van der Waals surface area contributed by atoms with E-state index in [1.165, 1.54) is 22.7 Å². The lowest BCUT2D eigenvalue weighted by atomic mass is 10.2. The molecule has 26 heavy (non-hydrogen) atoms. The average Bonchev–Trinajstić information content (AvgIpc) is 3.27. The second-order valence-electron chi connectivity index (χ2n) is 5.54. The number of hydrogen-bond acceptors (Lipinski definition) is 6. The Bertz CT molecular complexity index is 920. The van der Waals surface area contributed by atoms with E-state index in [0.717, 1.165) is 5.56 Å². The summed E-state index contributed by atoms with van der Waals surface area (Å²) >= 11 is 2.75. The Labute approximate surface area is 158 Å². The number of ether oxygens (including phenoxy) is 1. The molecular formula is C18H17N3O3S2. The number of methoxy groups -OCH3 is 1. The van der Waals surface area contributed by atoms with E-state index >= 15 is 0 Å². The van der Waals surface area contributed by atoms with Crippen LogP contribution in [-0.2, 0) is 11.2 Å². The Morgan fingerprint density at radius 1 is 1.19 bits per heavy atom. The molecule has 0 aliphatic rings. The van der Waals surface area contributed by atoms with Crippen LogP contribution < -0.4 is 15.4 Å². The summed E-state index contributed by atoms with van der Waals surface area (Å²) in [4.78, 5) is 28.6. The molecule has 3 rings (SSSR count). The number of aromatic nitrogens is 1. The molecule has 134 valence electrons. The molecule has 0 unspecified atom stereocenters. The van der Waals surface area contributed by atoms with Crippen molar-refractivity contribution in [3.05, 3.63) is 57.2 Å². The van der Waals surface area contributed by atoms with Crippen LogP contribution >= 0.6 is 22.7 Å². The first kappa shape index (κ1) is 18.1. The van der Waals surface area contributed by atoms with Crippen molar-refractivity contribution in [2.24, 2.45) is 0 Å². The summed E-state index contributed by atoms with van der Waals surface area (Å²) in [5.74, 6) is 0.196. The third kappa shape index (κ3) is 4.47. The van der Waals surface area contributed by atoms with E-state index in [4.69, 9.17) is 4.74 Å². The Morgan fingerprint density at radius 2 is 2.04 bits per heavy atom. The summed E-state index contributed by atoms with van der Waals surface area (Å²) in [6, 6.07) is 7.32. The number of nitrogens with one attached hydrogen (secondary N) is 2. The standard InChI is InChI=1S/C18H17N3O3S2/c1-11-3-4-15(24-2)14(7-11)20-16(22)8-13-10-26-18(19-13)21-17(23)12-5-6-25-9-12/h3-7,9-10H,8H2,1-2H3,(H,20,22)(H,19,21,23). The first-order valence-corrected chi connectivity index (χ1v) is 9.60. The Balaban J connectivity index is 1.61. The number of carbonyl (C=O) groups is 2. The van der Waals surface area contributed by atoms with Gasteiger partial charge in [-0.2, -0.15) is 11.3 Å². The average molecular weight is 387 g/mol. The Kier molecular flexibility index (Phi) is 5.65. The van der Waals surface area contributed by atoms with E-state index in [-0.39, 0.29) is 18.2 Å². The number of anilines is 2. The highest BCUT2D eigenvalue weighted by Crippen LogP contribution is 2.25. The molecular weight excluding hydrogens is 370 g/mol. The number of carbonyl (C=O) groups excluding carboxylic acids is 2. The van der Waals surface area contributed by atoms with Crippen LogP contribution in [0.2, 0.25) is 0 Å². The van der Waals surface area contributed by atoms with Crippen molar-refractivity contribution >= 4 is 45.3 Å². The number of nitrogens with zero attached hydrogens (tertiary/aromatic N) is 1. The van der Waals surface area contributed by atoms with Gasteiger partial charge in [0.25, 0.3) is 5.91 Å². The maximum Gasteiger partial charge on any atom is 0.258 e. The SMILES string of the molecule is COc1ccc(C)cc1NC(=O)Cc1csc(NC(=O)c2ccsc2)n1. The van der Waals surface area contributed by atoms with Gasteiger partial charge in [0, 0.05) is 10.8 Å². The fourth-order valence-electron chi connectivity index (χ4n) is 2.29. The number of thiazole rings is 1. The van der Waals surface area contributed by atoms with Gasteiger partial charge in [0.2, 0.25) is 5.91 Å². The molecule has 0 saturated carbocycles. The molecule has 0 aliphatic heterocycles. The van der Waals surface area contributed by atoms with Crippen LogP contribution in [0.3, 0.4) is 0 Å². The normalized spacial score (nSPS) is 10.4. The van der Waals surface area contributed by atoms with Gasteiger partial charge < -0.3 is 10.1 Å². The van der Waals surface area contributed by atoms with Crippen molar-refractivity contribution in [3.8, 4) is 5.75 Å². The molecule has 0 aliphatic carbocycles. The van der Waals surface area contributed by atoms with Gasteiger partial charge in [-0.15, -0.1) is 11.3 Å². The van der Waals surface area contributed by atoms with Crippen molar-refractivity contribution in [1.29, 1.82) is 0 Å². The van der Waals surface area contributed by atoms with Gasteiger partial charge in [0.05, 0.1) is 30.5 Å². The highest BCUT2D eigenvalue weighted by Gasteiger charge is 2.13. The van der Waals surface area contributed by atoms with Gasteiger partial charge in [-0.05, 0) is 36.1 Å². The lowest BCUT2D eigenvalue weighted by molar-refractivity contribution is -0.115. The van der Waals surface area contributed by atoms with E-state index in [1.807, 2.05) is 30.5 Å². The molecule has 3 aromatic rings. The quantitative estimate of drug-likeness (QED) is 0.671. The van der Waals surface area contributed by atoms with Crippen LogP contribution in [0.25, 0.3) is 0 Å². The zero-order valence-electron chi connectivity index (χ0n) is 14.2. The number of amides is 2. The number of aryl methyl sites for hydroxylation is 1. The first-order chi connectivity index (χ1) is 12.5. The van der Waals surface area contributed by atoms with Crippen molar-refractivity contribution in [2.75, 3.05) is 17.7 Å². The van der Waals surface area contributed by atoms with Gasteiger partial charge >= 0.3 is 0 Å². The third-order valence-corrected chi connectivity index (χ3v) is 5.02. The molecule has 1 aromatic carbocycles. The van der Waals surface area contributed by atoms with Crippen molar-refractivity contribution in [1.82, 2.24) is 4.98 Å². The van der Waals surface area contributed by atoms with Gasteiger partial charge in [-0.1, -0.05) is 6.07 Å². The zero-order chi connectivity index (χ0) is 18.5. The number of benzene rings is 1. The molecule has 0 fully saturated rings. The summed E-state index contributed by atoms with van der Waals surface area (Å²) in [7, 11) is 1.56. The molecule has 0 bridgehead atoms. The van der Waals surface area contributed by atoms with E-state index in [1.54, 1.807) is 23.9 Å². The van der Waals surface area contributed by atoms with Crippen molar-refractivity contribution in [3.63, 3.8) is 0 Å². The third-order valence-electron chi connectivity index (χ3n) is 3.53. The first-order valence-electron chi connectivity index (χ1n) is 7.77. The van der Waals surface area contributed by atoms with Crippen LogP contribution in [0.4, 0.5) is 10.8 Å². The van der Waals surface area contributed by atoms with Crippen LogP contribution in [0, 0.1) is 6.92 Å². The van der Waals surface area contributed by atoms with Gasteiger partial charge in [0.1, 0.15) is 5.75 Å². The highest BCUT2D eigenvalue weighted by molar-refractivity contribution is 7.14. The van der Waals surface area contributed by atoms with E-state index in [0.29, 0.717) is 27.8 Å². The van der Waals surface area contributed by atoms with Gasteiger partial charge in [0.15, 0.2) is 5.13 Å². The van der Waals surface area contributed by atoms with Crippen LogP contribution in [0.1, 0.15) is 21.6 Å². The lowest BCUT2D eigenvalue weighted by Gasteiger charge is -2.10. The van der Waals surface area contributed by atoms with E-state index in [9.17, 15) is 9.59 Å². The summed E-state index contributed by atoms with van der Waals surface area (Å²) in [6.45, 7) is 1.94. The second kappa shape index (κ2) is 8.11. The van der Waals surface area contributed by atoms with Gasteiger partial charge in [-0.3, -0.25) is 14.9 Å². The molecule has 8 heteroatoms. The molecule has 0 saturated heterocycles. The summed E-state index contributed by atoms with van der Waals surface area (Å²) in [5, 5.41) is 11.4. The molecule has 0 spiro atoms. The Hall–Kier alpha value is -2.71. The lowest BCUT2D eigenvalue weighted by Crippen LogP contribution is -2.15. The maximum atomic E-state index is 12.3. The van der Waals surface area contributed by atoms with Crippen LogP contribution in [0.5, 0.6) is 5.75 Å². The van der Waals surface area contributed by atoms with E-state index < -0.39 is 0 Å². The fourth-order valence-corrected chi connectivity index (χ4v) is 3.63. The van der Waals surface area contributed by atoms with Crippen molar-refractivity contribution < 1.29 is 14.3 Å². The van der Waals surface area contributed by atoms with Crippen LogP contribution in [-0.4, -0.2) is 23.9 Å². The minimum atomic E-state index is -0.207. The second-order valence-corrected chi connectivity index (χ2v) is 7.18. The largest absolute Gasteiger partial charge is 0.495 e. The fraction of sp³-hybridized carbons (Fsp3) is 0.167. The number of thiophene rings is 1. The molecule has 2 aromatic heterocycles. The van der Waals surface area contributed by atoms with E-state index in [2.05, 4.69) is 15.6 Å². The predicted molar refractivity (Wildman–Crippen MR) is 104 cm³/mol. The smallest absolute Gasteiger partial charge is 0.258 e. The zero-order valence-corrected chi connectivity index (χ0v) is 15.9. The molecule has 2 heterocycles. The monoisotopic (exact) mass is 387 g/mol. The Morgan fingerprint density at radius 3 is 2.77 bits per heavy atom. The minimum Gasteiger partial charge on any atom is -0.495 e. The summed E-state index contributed by atoms with van der Waals surface area (Å²) in [6.07, 6.45) is 0.113. The summed E-state index contributed by atoms with van der Waals surface area (Å²) < 4.78 is 5.26. The van der Waals surface area contributed by atoms with Gasteiger partial charge in [-0.25, -0.2) is 4.98 Å². The van der Waals surface area contributed by atoms with Crippen LogP contribution in [0.15, 0.2) is 40.4 Å². The maximum absolute atomic E-state index is 12.3.